The molecule has 0 saturated heterocycles. The van der Waals surface area contributed by atoms with Gasteiger partial charge in [0.2, 0.25) is 0 Å². The van der Waals surface area contributed by atoms with Gasteiger partial charge in [-0.2, -0.15) is 0 Å². The second-order valence-corrected chi connectivity index (χ2v) is 3.22. The Morgan fingerprint density at radius 1 is 1.43 bits per heavy atom. The van der Waals surface area contributed by atoms with Gasteiger partial charge in [0.1, 0.15) is 0 Å². The number of esters is 1. The predicted molar refractivity (Wildman–Crippen MR) is 58.0 cm³/mol. The third kappa shape index (κ3) is 4.82. The van der Waals surface area contributed by atoms with Crippen LogP contribution in [0.5, 0.6) is 0 Å². The highest BCUT2D eigenvalue weighted by Gasteiger charge is 2.15. The van der Waals surface area contributed by atoms with E-state index in [1.54, 1.807) is 0 Å². The van der Waals surface area contributed by atoms with Gasteiger partial charge in [0, 0.05) is 19.6 Å². The van der Waals surface area contributed by atoms with Crippen LogP contribution in [-0.2, 0) is 9.53 Å². The zero-order chi connectivity index (χ0) is 11.0. The fourth-order valence-electron chi connectivity index (χ4n) is 1.25. The van der Waals surface area contributed by atoms with Crippen molar-refractivity contribution < 1.29 is 9.53 Å². The molecule has 0 bridgehead atoms. The normalized spacial score (nSPS) is 12.2. The molecule has 0 N–H and O–H groups in total. The summed E-state index contributed by atoms with van der Waals surface area (Å²) >= 11 is 0. The minimum Gasteiger partial charge on any atom is -0.469 e. The molecule has 0 radical (unpaired) electrons. The van der Waals surface area contributed by atoms with E-state index in [-0.39, 0.29) is 11.9 Å². The van der Waals surface area contributed by atoms with Crippen LogP contribution in [-0.4, -0.2) is 37.6 Å². The summed E-state index contributed by atoms with van der Waals surface area (Å²) in [5.41, 5.74) is 0. The van der Waals surface area contributed by atoms with Gasteiger partial charge >= 0.3 is 5.97 Å². The van der Waals surface area contributed by atoms with Gasteiger partial charge in [-0.1, -0.05) is 19.1 Å². The van der Waals surface area contributed by atoms with Gasteiger partial charge in [-0.25, -0.2) is 0 Å². The van der Waals surface area contributed by atoms with E-state index in [1.807, 2.05) is 19.1 Å². The van der Waals surface area contributed by atoms with E-state index in [1.165, 1.54) is 7.11 Å². The monoisotopic (exact) mass is 197 g/mol. The summed E-state index contributed by atoms with van der Waals surface area (Å²) in [6, 6.07) is 0. The van der Waals surface area contributed by atoms with Crippen molar-refractivity contribution >= 4 is 5.97 Å². The molecule has 0 rings (SSSR count). The first kappa shape index (κ1) is 12.9. The van der Waals surface area contributed by atoms with Crippen molar-refractivity contribution in [3.63, 3.8) is 0 Å². The lowest BCUT2D eigenvalue weighted by Crippen LogP contribution is -2.32. The lowest BCUT2D eigenvalue weighted by Gasteiger charge is -2.21. The second kappa shape index (κ2) is 7.33. The van der Waals surface area contributed by atoms with Crippen molar-refractivity contribution in [2.75, 3.05) is 26.7 Å². The van der Waals surface area contributed by atoms with Gasteiger partial charge < -0.3 is 4.74 Å². The van der Waals surface area contributed by atoms with Crippen LogP contribution < -0.4 is 0 Å². The first-order valence-corrected chi connectivity index (χ1v) is 4.67. The maximum Gasteiger partial charge on any atom is 0.309 e. The quantitative estimate of drug-likeness (QED) is 0.457. The van der Waals surface area contributed by atoms with E-state index in [4.69, 9.17) is 0 Å². The molecule has 0 aliphatic heterocycles. The van der Waals surface area contributed by atoms with Crippen LogP contribution >= 0.6 is 0 Å². The van der Waals surface area contributed by atoms with Gasteiger partial charge in [-0.3, -0.25) is 9.69 Å². The molecule has 0 saturated carbocycles. The number of rotatable bonds is 7. The van der Waals surface area contributed by atoms with E-state index in [0.29, 0.717) is 6.54 Å². The average Bonchev–Trinajstić information content (AvgIpc) is 2.17. The fraction of sp³-hybridized carbons (Fsp3) is 0.545. The predicted octanol–water partition coefficient (Wildman–Crippen LogP) is 1.47. The van der Waals surface area contributed by atoms with Crippen LogP contribution in [0.15, 0.2) is 25.3 Å². The van der Waals surface area contributed by atoms with Gasteiger partial charge in [0.15, 0.2) is 0 Å². The zero-order valence-corrected chi connectivity index (χ0v) is 9.03. The van der Waals surface area contributed by atoms with Crippen LogP contribution in [0.3, 0.4) is 0 Å². The Morgan fingerprint density at radius 2 is 1.93 bits per heavy atom. The third-order valence-corrected chi connectivity index (χ3v) is 1.91. The van der Waals surface area contributed by atoms with E-state index < -0.39 is 0 Å². The summed E-state index contributed by atoms with van der Waals surface area (Å²) in [7, 11) is 1.41. The first-order valence-electron chi connectivity index (χ1n) is 4.67. The molecule has 0 fully saturated rings. The summed E-state index contributed by atoms with van der Waals surface area (Å²) < 4.78 is 4.65. The van der Waals surface area contributed by atoms with Crippen molar-refractivity contribution in [1.82, 2.24) is 4.90 Å². The van der Waals surface area contributed by atoms with E-state index in [9.17, 15) is 4.79 Å². The molecule has 1 atom stereocenters. The highest BCUT2D eigenvalue weighted by atomic mass is 16.5. The maximum atomic E-state index is 11.2. The molecule has 1 unspecified atom stereocenters. The number of carbonyl (C=O) groups is 1. The minimum absolute atomic E-state index is 0.111. The maximum absolute atomic E-state index is 11.2. The van der Waals surface area contributed by atoms with Gasteiger partial charge in [-0.15, -0.1) is 13.2 Å². The number of hydrogen-bond acceptors (Lipinski definition) is 3. The summed E-state index contributed by atoms with van der Waals surface area (Å²) in [5.74, 6) is -0.289. The van der Waals surface area contributed by atoms with Crippen molar-refractivity contribution in [2.24, 2.45) is 5.92 Å². The zero-order valence-electron chi connectivity index (χ0n) is 9.03. The highest BCUT2D eigenvalue weighted by Crippen LogP contribution is 2.02. The van der Waals surface area contributed by atoms with E-state index in [2.05, 4.69) is 22.8 Å². The van der Waals surface area contributed by atoms with Crippen molar-refractivity contribution in [1.29, 1.82) is 0 Å². The second-order valence-electron chi connectivity index (χ2n) is 3.22. The van der Waals surface area contributed by atoms with Crippen molar-refractivity contribution in [3.8, 4) is 0 Å². The summed E-state index contributed by atoms with van der Waals surface area (Å²) in [4.78, 5) is 13.2. The standard InChI is InChI=1S/C11H19NO2/c1-5-7-12(8-6-2)9-10(3)11(13)14-4/h5-6,10H,1-2,7-9H2,3-4H3. The first-order chi connectivity index (χ1) is 6.65. The van der Waals surface area contributed by atoms with Crippen LogP contribution in [0, 0.1) is 5.92 Å². The molecule has 3 heteroatoms. The van der Waals surface area contributed by atoms with Crippen LogP contribution in [0.1, 0.15) is 6.92 Å². The average molecular weight is 197 g/mol. The number of carbonyl (C=O) groups excluding carboxylic acids is 1. The number of hydrogen-bond donors (Lipinski definition) is 0. The summed E-state index contributed by atoms with van der Waals surface area (Å²) in [6.07, 6.45) is 3.63. The molecular formula is C11H19NO2. The molecule has 0 aliphatic carbocycles. The van der Waals surface area contributed by atoms with Gasteiger partial charge in [-0.05, 0) is 0 Å². The molecule has 0 aromatic carbocycles. The van der Waals surface area contributed by atoms with E-state index >= 15 is 0 Å². The number of methoxy groups -OCH3 is 1. The Balaban J connectivity index is 4.06. The largest absolute Gasteiger partial charge is 0.469 e. The number of ether oxygens (including phenoxy) is 1. The highest BCUT2D eigenvalue weighted by molar-refractivity contribution is 5.72. The number of nitrogens with zero attached hydrogens (tertiary/aromatic N) is 1. The van der Waals surface area contributed by atoms with Gasteiger partial charge in [0.05, 0.1) is 13.0 Å². The van der Waals surface area contributed by atoms with Crippen LogP contribution in [0.25, 0.3) is 0 Å². The molecule has 3 nitrogen and oxygen atoms in total. The molecule has 14 heavy (non-hydrogen) atoms. The molecule has 0 spiro atoms. The molecule has 0 amide bonds. The SMILES string of the molecule is C=CCN(CC=C)CC(C)C(=O)OC. The topological polar surface area (TPSA) is 29.5 Å². The van der Waals surface area contributed by atoms with Gasteiger partial charge in [0.25, 0.3) is 0 Å². The summed E-state index contributed by atoms with van der Waals surface area (Å²) in [6.45, 7) is 11.4. The fourth-order valence-corrected chi connectivity index (χ4v) is 1.25. The smallest absolute Gasteiger partial charge is 0.309 e. The lowest BCUT2D eigenvalue weighted by atomic mass is 10.1. The Hall–Kier alpha value is -1.09. The molecule has 0 aliphatic rings. The molecule has 80 valence electrons. The Morgan fingerprint density at radius 3 is 2.29 bits per heavy atom. The Labute approximate surface area is 86.0 Å². The van der Waals surface area contributed by atoms with Crippen LogP contribution in [0.2, 0.25) is 0 Å². The van der Waals surface area contributed by atoms with Crippen LogP contribution in [0.4, 0.5) is 0 Å². The third-order valence-electron chi connectivity index (χ3n) is 1.91. The van der Waals surface area contributed by atoms with E-state index in [0.717, 1.165) is 13.1 Å². The molecule has 0 aromatic rings. The molecule has 0 aromatic heterocycles. The lowest BCUT2D eigenvalue weighted by molar-refractivity contribution is -0.145. The molecule has 0 heterocycles. The Bertz CT molecular complexity index is 191. The van der Waals surface area contributed by atoms with Crippen molar-refractivity contribution in [3.05, 3.63) is 25.3 Å². The molecular weight excluding hydrogens is 178 g/mol. The minimum atomic E-state index is -0.178. The Kier molecular flexibility index (Phi) is 6.76. The van der Waals surface area contributed by atoms with Crippen molar-refractivity contribution in [2.45, 2.75) is 6.92 Å². The summed E-state index contributed by atoms with van der Waals surface area (Å²) in [5, 5.41) is 0.